The molecule has 0 saturated carbocycles. The van der Waals surface area contributed by atoms with Crippen LogP contribution in [0.5, 0.6) is 5.75 Å². The van der Waals surface area contributed by atoms with Crippen LogP contribution in [0.2, 0.25) is 10.0 Å². The first-order valence-electron chi connectivity index (χ1n) is 9.01. The summed E-state index contributed by atoms with van der Waals surface area (Å²) in [7, 11) is 0. The Kier molecular flexibility index (Phi) is 6.96. The molecule has 1 aliphatic rings. The number of rotatable bonds is 6. The van der Waals surface area contributed by atoms with Crippen molar-refractivity contribution in [1.82, 2.24) is 10.3 Å². The van der Waals surface area contributed by atoms with E-state index in [1.807, 2.05) is 0 Å². The molecule has 1 fully saturated rings. The Labute approximate surface area is 174 Å². The Bertz CT molecular complexity index is 877. The monoisotopic (exact) mass is 418 g/mol. The Morgan fingerprint density at radius 3 is 2.82 bits per heavy atom. The molecular weight excluding hydrogens is 399 g/mol. The summed E-state index contributed by atoms with van der Waals surface area (Å²) in [5, 5.41) is 13.0. The number of nitrogens with zero attached hydrogens (tertiary/aromatic N) is 3. The molecule has 0 aliphatic carbocycles. The predicted octanol–water partition coefficient (Wildman–Crippen LogP) is 3.67. The van der Waals surface area contributed by atoms with Crippen molar-refractivity contribution in [1.29, 1.82) is 5.26 Å². The lowest BCUT2D eigenvalue weighted by Gasteiger charge is -2.33. The first-order chi connectivity index (χ1) is 13.6. The second-order valence-corrected chi connectivity index (χ2v) is 7.43. The lowest BCUT2D eigenvalue weighted by Crippen LogP contribution is -2.40. The topological polar surface area (TPSA) is 78.3 Å². The van der Waals surface area contributed by atoms with Gasteiger partial charge in [0.25, 0.3) is 5.91 Å². The molecule has 1 N–H and O–H groups in total. The SMILES string of the molecule is N#Cc1cccnc1N1CCC(CNC(=O)COc2ccc(Cl)cc2Cl)CC1. The van der Waals surface area contributed by atoms with E-state index in [9.17, 15) is 10.1 Å². The molecule has 0 bridgehead atoms. The largest absolute Gasteiger partial charge is 0.482 e. The summed E-state index contributed by atoms with van der Waals surface area (Å²) in [6.07, 6.45) is 3.55. The fraction of sp³-hybridized carbons (Fsp3) is 0.350. The number of carbonyl (C=O) groups excluding carboxylic acids is 1. The normalized spacial score (nSPS) is 14.4. The van der Waals surface area contributed by atoms with E-state index in [0.29, 0.717) is 33.8 Å². The summed E-state index contributed by atoms with van der Waals surface area (Å²) in [5.41, 5.74) is 0.590. The van der Waals surface area contributed by atoms with Gasteiger partial charge in [0.05, 0.1) is 10.6 Å². The van der Waals surface area contributed by atoms with Crippen LogP contribution in [0.15, 0.2) is 36.5 Å². The van der Waals surface area contributed by atoms with Crippen LogP contribution in [-0.4, -0.2) is 37.1 Å². The lowest BCUT2D eigenvalue weighted by molar-refractivity contribution is -0.123. The summed E-state index contributed by atoms with van der Waals surface area (Å²) in [6, 6.07) is 10.6. The fourth-order valence-electron chi connectivity index (χ4n) is 3.13. The number of carbonyl (C=O) groups is 1. The zero-order chi connectivity index (χ0) is 19.9. The van der Waals surface area contributed by atoms with Gasteiger partial charge in [-0.15, -0.1) is 0 Å². The van der Waals surface area contributed by atoms with E-state index in [2.05, 4.69) is 21.3 Å². The second-order valence-electron chi connectivity index (χ2n) is 6.58. The number of anilines is 1. The van der Waals surface area contributed by atoms with Gasteiger partial charge in [-0.3, -0.25) is 4.79 Å². The van der Waals surface area contributed by atoms with Crippen molar-refractivity contribution in [3.63, 3.8) is 0 Å². The van der Waals surface area contributed by atoms with Gasteiger partial charge in [-0.25, -0.2) is 4.98 Å². The van der Waals surface area contributed by atoms with Gasteiger partial charge in [0.15, 0.2) is 6.61 Å². The zero-order valence-electron chi connectivity index (χ0n) is 15.2. The molecule has 1 aliphatic heterocycles. The summed E-state index contributed by atoms with van der Waals surface area (Å²) in [6.45, 7) is 2.11. The fourth-order valence-corrected chi connectivity index (χ4v) is 3.59. The number of hydrogen-bond donors (Lipinski definition) is 1. The Morgan fingerprint density at radius 2 is 2.11 bits per heavy atom. The Hall–Kier alpha value is -2.49. The number of halogens is 2. The number of hydrogen-bond acceptors (Lipinski definition) is 5. The summed E-state index contributed by atoms with van der Waals surface area (Å²) >= 11 is 11.9. The molecule has 0 radical (unpaired) electrons. The van der Waals surface area contributed by atoms with Crippen molar-refractivity contribution in [3.8, 4) is 11.8 Å². The molecule has 0 atom stereocenters. The predicted molar refractivity (Wildman–Crippen MR) is 109 cm³/mol. The highest BCUT2D eigenvalue weighted by molar-refractivity contribution is 6.35. The molecule has 1 saturated heterocycles. The highest BCUT2D eigenvalue weighted by atomic mass is 35.5. The van der Waals surface area contributed by atoms with Crippen molar-refractivity contribution in [2.75, 3.05) is 31.1 Å². The van der Waals surface area contributed by atoms with Crippen molar-refractivity contribution >= 4 is 34.9 Å². The van der Waals surface area contributed by atoms with Crippen LogP contribution in [0.1, 0.15) is 18.4 Å². The van der Waals surface area contributed by atoms with Crippen LogP contribution in [0.3, 0.4) is 0 Å². The zero-order valence-corrected chi connectivity index (χ0v) is 16.7. The minimum atomic E-state index is -0.190. The molecule has 2 heterocycles. The van der Waals surface area contributed by atoms with Gasteiger partial charge in [0, 0.05) is 30.9 Å². The maximum Gasteiger partial charge on any atom is 0.257 e. The van der Waals surface area contributed by atoms with E-state index < -0.39 is 0 Å². The average Bonchev–Trinajstić information content (AvgIpc) is 2.72. The highest BCUT2D eigenvalue weighted by Crippen LogP contribution is 2.27. The summed E-state index contributed by atoms with van der Waals surface area (Å²) in [5.74, 6) is 1.36. The maximum absolute atomic E-state index is 12.0. The van der Waals surface area contributed by atoms with Crippen LogP contribution in [0, 0.1) is 17.2 Å². The molecule has 0 spiro atoms. The minimum absolute atomic E-state index is 0.0976. The van der Waals surface area contributed by atoms with Crippen LogP contribution in [0.25, 0.3) is 0 Å². The molecule has 146 valence electrons. The molecule has 8 heteroatoms. The van der Waals surface area contributed by atoms with E-state index in [1.165, 1.54) is 0 Å². The number of pyridine rings is 1. The van der Waals surface area contributed by atoms with Gasteiger partial charge in [-0.2, -0.15) is 5.26 Å². The first kappa shape index (κ1) is 20.2. The second kappa shape index (κ2) is 9.63. The standard InChI is InChI=1S/C20H20Cl2N4O2/c21-16-3-4-18(17(22)10-16)28-13-19(27)25-12-14-5-8-26(9-6-14)20-15(11-23)2-1-7-24-20/h1-4,7,10,14H,5-6,8-9,12-13H2,(H,25,27). The molecular formula is C20H20Cl2N4O2. The van der Waals surface area contributed by atoms with E-state index in [1.54, 1.807) is 36.5 Å². The number of nitrogens with one attached hydrogen (secondary N) is 1. The summed E-state index contributed by atoms with van der Waals surface area (Å²) < 4.78 is 5.44. The van der Waals surface area contributed by atoms with Gasteiger partial charge in [-0.1, -0.05) is 23.2 Å². The maximum atomic E-state index is 12.0. The number of ether oxygens (including phenoxy) is 1. The molecule has 0 unspecified atom stereocenters. The minimum Gasteiger partial charge on any atom is -0.482 e. The third kappa shape index (κ3) is 5.28. The van der Waals surface area contributed by atoms with Crippen LogP contribution >= 0.6 is 23.2 Å². The van der Waals surface area contributed by atoms with E-state index in [4.69, 9.17) is 27.9 Å². The number of amides is 1. The van der Waals surface area contributed by atoms with E-state index in [0.717, 1.165) is 31.7 Å². The van der Waals surface area contributed by atoms with Gasteiger partial charge < -0.3 is 15.0 Å². The number of benzene rings is 1. The van der Waals surface area contributed by atoms with Crippen LogP contribution in [-0.2, 0) is 4.79 Å². The molecule has 6 nitrogen and oxygen atoms in total. The Morgan fingerprint density at radius 1 is 1.32 bits per heavy atom. The van der Waals surface area contributed by atoms with Crippen LogP contribution < -0.4 is 15.0 Å². The van der Waals surface area contributed by atoms with Crippen molar-refractivity contribution < 1.29 is 9.53 Å². The molecule has 1 aromatic heterocycles. The Balaban J connectivity index is 1.41. The highest BCUT2D eigenvalue weighted by Gasteiger charge is 2.22. The van der Waals surface area contributed by atoms with Crippen molar-refractivity contribution in [3.05, 3.63) is 52.1 Å². The molecule has 1 amide bonds. The van der Waals surface area contributed by atoms with Gasteiger partial charge >= 0.3 is 0 Å². The van der Waals surface area contributed by atoms with Crippen molar-refractivity contribution in [2.45, 2.75) is 12.8 Å². The quantitative estimate of drug-likeness (QED) is 0.773. The lowest BCUT2D eigenvalue weighted by atomic mass is 9.96. The van der Waals surface area contributed by atoms with Gasteiger partial charge in [-0.05, 0) is 49.1 Å². The molecule has 1 aromatic carbocycles. The molecule has 28 heavy (non-hydrogen) atoms. The first-order valence-corrected chi connectivity index (χ1v) is 9.77. The third-order valence-corrected chi connectivity index (χ3v) is 5.19. The number of aromatic nitrogens is 1. The summed E-state index contributed by atoms with van der Waals surface area (Å²) in [4.78, 5) is 18.5. The molecule has 3 rings (SSSR count). The third-order valence-electron chi connectivity index (χ3n) is 4.66. The van der Waals surface area contributed by atoms with Gasteiger partial charge in [0.2, 0.25) is 0 Å². The van der Waals surface area contributed by atoms with E-state index in [-0.39, 0.29) is 12.5 Å². The van der Waals surface area contributed by atoms with Crippen molar-refractivity contribution in [2.24, 2.45) is 5.92 Å². The smallest absolute Gasteiger partial charge is 0.257 e. The van der Waals surface area contributed by atoms with Gasteiger partial charge in [0.1, 0.15) is 17.6 Å². The van der Waals surface area contributed by atoms with Crippen LogP contribution in [0.4, 0.5) is 5.82 Å². The number of nitriles is 1. The van der Waals surface area contributed by atoms with E-state index >= 15 is 0 Å². The average molecular weight is 419 g/mol. The number of piperidine rings is 1. The molecule has 2 aromatic rings.